The van der Waals surface area contributed by atoms with Crippen LogP contribution in [0.15, 0.2) is 39.6 Å². The average molecular weight is 150 g/mol. The lowest BCUT2D eigenvalue weighted by Gasteiger charge is -1.98. The Hall–Kier alpha value is -1.02. The molecule has 0 unspecified atom stereocenters. The molecule has 2 rings (SSSR count). The van der Waals surface area contributed by atoms with Crippen LogP contribution in [0.5, 0.6) is 0 Å². The minimum atomic E-state index is 0.977. The van der Waals surface area contributed by atoms with Crippen LogP contribution >= 0.6 is 11.6 Å². The predicted octanol–water partition coefficient (Wildman–Crippen LogP) is 3.01. The summed E-state index contributed by atoms with van der Waals surface area (Å²) < 4.78 is 5.09. The summed E-state index contributed by atoms with van der Waals surface area (Å²) in [4.78, 5) is 0. The van der Waals surface area contributed by atoms with Crippen LogP contribution in [0.4, 0.5) is 0 Å². The van der Waals surface area contributed by atoms with E-state index in [0.717, 1.165) is 11.3 Å². The lowest BCUT2D eigenvalue weighted by atomic mass is 10.2. The first kappa shape index (κ1) is 5.74. The topological polar surface area (TPSA) is 13.1 Å². The quantitative estimate of drug-likeness (QED) is 0.609. The van der Waals surface area contributed by atoms with E-state index in [4.69, 9.17) is 3.85 Å². The van der Waals surface area contributed by atoms with Gasteiger partial charge in [0.15, 0.2) is 5.76 Å². The van der Waals surface area contributed by atoms with Gasteiger partial charge in [0.1, 0.15) is 0 Å². The van der Waals surface area contributed by atoms with Crippen molar-refractivity contribution in [2.45, 2.75) is 0 Å². The second-order valence-electron chi connectivity index (χ2n) is 2.03. The van der Waals surface area contributed by atoms with Crippen molar-refractivity contribution in [1.82, 2.24) is 0 Å². The van der Waals surface area contributed by atoms with Crippen LogP contribution in [0, 0.1) is 0 Å². The Labute approximate surface area is 63.1 Å². The zero-order valence-electron chi connectivity index (χ0n) is 5.28. The highest BCUT2D eigenvalue weighted by Gasteiger charge is 1.99. The van der Waals surface area contributed by atoms with Gasteiger partial charge in [-0.3, -0.25) is 0 Å². The molecule has 0 N–H and O–H groups in total. The van der Waals surface area contributed by atoms with Crippen molar-refractivity contribution >= 4 is 11.6 Å². The molecular formula is C8H6OS. The van der Waals surface area contributed by atoms with Gasteiger partial charge in [-0.2, -0.15) is 0 Å². The van der Waals surface area contributed by atoms with Crippen molar-refractivity contribution in [2.24, 2.45) is 0 Å². The highest BCUT2D eigenvalue weighted by molar-refractivity contribution is 7.02. The summed E-state index contributed by atoms with van der Waals surface area (Å²) in [6, 6.07) is 10.1. The lowest BCUT2D eigenvalue weighted by Crippen LogP contribution is -1.73. The molecule has 0 atom stereocenters. The van der Waals surface area contributed by atoms with E-state index in [9.17, 15) is 0 Å². The second kappa shape index (κ2) is 2.31. The summed E-state index contributed by atoms with van der Waals surface area (Å²) in [6.45, 7) is 0. The summed E-state index contributed by atoms with van der Waals surface area (Å²) in [5, 5.41) is 2.00. The van der Waals surface area contributed by atoms with Crippen molar-refractivity contribution < 1.29 is 3.85 Å². The molecule has 0 fully saturated rings. The third kappa shape index (κ3) is 0.866. The van der Waals surface area contributed by atoms with E-state index in [1.165, 1.54) is 11.6 Å². The summed E-state index contributed by atoms with van der Waals surface area (Å²) in [6.07, 6.45) is 0. The van der Waals surface area contributed by atoms with Gasteiger partial charge in [-0.15, -0.1) is 0 Å². The van der Waals surface area contributed by atoms with E-state index in [-0.39, 0.29) is 0 Å². The maximum atomic E-state index is 5.09. The molecule has 0 bridgehead atoms. The molecule has 1 aromatic carbocycles. The van der Waals surface area contributed by atoms with E-state index in [1.54, 1.807) is 0 Å². The first-order valence-corrected chi connectivity index (χ1v) is 3.86. The van der Waals surface area contributed by atoms with E-state index < -0.39 is 0 Å². The number of hydrogen-bond donors (Lipinski definition) is 0. The molecule has 0 aliphatic carbocycles. The Morgan fingerprint density at radius 2 is 1.80 bits per heavy atom. The SMILES string of the molecule is c1ccc(-c2cso2)cc1. The van der Waals surface area contributed by atoms with Crippen LogP contribution in [0.3, 0.4) is 0 Å². The fraction of sp³-hybridized carbons (Fsp3) is 0. The summed E-state index contributed by atoms with van der Waals surface area (Å²) in [7, 11) is 0. The van der Waals surface area contributed by atoms with E-state index in [1.807, 2.05) is 35.7 Å². The van der Waals surface area contributed by atoms with Crippen molar-refractivity contribution in [3.63, 3.8) is 0 Å². The molecule has 1 heterocycles. The van der Waals surface area contributed by atoms with Crippen LogP contribution < -0.4 is 0 Å². The van der Waals surface area contributed by atoms with Gasteiger partial charge in [-0.25, -0.2) is 0 Å². The normalized spacial score (nSPS) is 10.0. The molecule has 0 saturated carbocycles. The molecule has 1 nitrogen and oxygen atoms in total. The van der Waals surface area contributed by atoms with Crippen molar-refractivity contribution in [3.8, 4) is 11.3 Å². The molecule has 50 valence electrons. The monoisotopic (exact) mass is 150 g/mol. The number of benzene rings is 1. The zero-order chi connectivity index (χ0) is 6.81. The van der Waals surface area contributed by atoms with Gasteiger partial charge in [0.2, 0.25) is 0 Å². The fourth-order valence-electron chi connectivity index (χ4n) is 0.815. The Balaban J connectivity index is 2.42. The lowest BCUT2D eigenvalue weighted by molar-refractivity contribution is 0.684. The molecular weight excluding hydrogens is 144 g/mol. The molecule has 0 amide bonds. The van der Waals surface area contributed by atoms with Crippen LogP contribution in [0.25, 0.3) is 11.3 Å². The summed E-state index contributed by atoms with van der Waals surface area (Å²) in [5.74, 6) is 0.977. The Bertz CT molecular complexity index is 285. The molecule has 2 heteroatoms. The average Bonchev–Trinajstić information content (AvgIpc) is 1.86. The molecule has 1 aromatic heterocycles. The van der Waals surface area contributed by atoms with Gasteiger partial charge in [0.25, 0.3) is 0 Å². The third-order valence-electron chi connectivity index (χ3n) is 1.35. The fourth-order valence-corrected chi connectivity index (χ4v) is 1.24. The molecule has 2 aromatic rings. The van der Waals surface area contributed by atoms with Gasteiger partial charge in [0, 0.05) is 17.2 Å². The van der Waals surface area contributed by atoms with E-state index in [2.05, 4.69) is 0 Å². The highest BCUT2D eigenvalue weighted by atomic mass is 32.1. The van der Waals surface area contributed by atoms with E-state index >= 15 is 0 Å². The van der Waals surface area contributed by atoms with Gasteiger partial charge in [-0.05, 0) is 0 Å². The molecule has 0 saturated heterocycles. The summed E-state index contributed by atoms with van der Waals surface area (Å²) in [5.41, 5.74) is 1.15. The van der Waals surface area contributed by atoms with Crippen molar-refractivity contribution in [1.29, 1.82) is 0 Å². The maximum absolute atomic E-state index is 5.09. The Morgan fingerprint density at radius 1 is 1.10 bits per heavy atom. The van der Waals surface area contributed by atoms with E-state index in [0.29, 0.717) is 0 Å². The summed E-state index contributed by atoms with van der Waals surface area (Å²) >= 11 is 1.38. The standard InChI is InChI=1S/C8H6OS/c1-2-4-7(5-3-1)8-6-10-9-8/h1-6H. The maximum Gasteiger partial charge on any atom is 0.163 e. The largest absolute Gasteiger partial charge is 0.400 e. The zero-order valence-corrected chi connectivity index (χ0v) is 6.10. The van der Waals surface area contributed by atoms with Crippen LogP contribution in [0.2, 0.25) is 0 Å². The van der Waals surface area contributed by atoms with Crippen LogP contribution in [-0.2, 0) is 0 Å². The van der Waals surface area contributed by atoms with Gasteiger partial charge >= 0.3 is 0 Å². The van der Waals surface area contributed by atoms with Gasteiger partial charge in [0.05, 0.1) is 5.38 Å². The van der Waals surface area contributed by atoms with Gasteiger partial charge < -0.3 is 3.85 Å². The molecule has 0 aliphatic rings. The van der Waals surface area contributed by atoms with Crippen LogP contribution in [0.1, 0.15) is 0 Å². The van der Waals surface area contributed by atoms with Crippen molar-refractivity contribution in [3.05, 3.63) is 35.7 Å². The molecule has 0 aliphatic heterocycles. The molecule has 0 radical (unpaired) electrons. The highest BCUT2D eigenvalue weighted by Crippen LogP contribution is 2.23. The minimum absolute atomic E-state index is 0.977. The molecule has 0 spiro atoms. The number of rotatable bonds is 1. The van der Waals surface area contributed by atoms with Gasteiger partial charge in [-0.1, -0.05) is 30.3 Å². The molecule has 10 heavy (non-hydrogen) atoms. The number of hydrogen-bond acceptors (Lipinski definition) is 2. The van der Waals surface area contributed by atoms with Crippen molar-refractivity contribution in [2.75, 3.05) is 0 Å². The minimum Gasteiger partial charge on any atom is -0.400 e. The third-order valence-corrected chi connectivity index (χ3v) is 1.94. The first-order chi connectivity index (χ1) is 4.97. The Morgan fingerprint density at radius 3 is 2.30 bits per heavy atom. The van der Waals surface area contributed by atoms with Crippen LogP contribution in [-0.4, -0.2) is 0 Å². The second-order valence-corrected chi connectivity index (χ2v) is 2.62. The first-order valence-electron chi connectivity index (χ1n) is 3.06. The Kier molecular flexibility index (Phi) is 1.32. The smallest absolute Gasteiger partial charge is 0.163 e. The predicted molar refractivity (Wildman–Crippen MR) is 42.0 cm³/mol.